The van der Waals surface area contributed by atoms with Gasteiger partial charge in [0, 0.05) is 17.0 Å². The summed E-state index contributed by atoms with van der Waals surface area (Å²) in [6, 6.07) is 10.8. The number of thiol groups is 1. The Balaban J connectivity index is 2.35. The van der Waals surface area contributed by atoms with Gasteiger partial charge in [0.1, 0.15) is 17.1 Å². The van der Waals surface area contributed by atoms with Crippen molar-refractivity contribution in [1.82, 2.24) is 0 Å². The van der Waals surface area contributed by atoms with E-state index in [0.29, 0.717) is 11.5 Å². The summed E-state index contributed by atoms with van der Waals surface area (Å²) in [4.78, 5) is 22.6. The van der Waals surface area contributed by atoms with E-state index >= 15 is 0 Å². The van der Waals surface area contributed by atoms with Crippen molar-refractivity contribution >= 4 is 24.3 Å². The molecule has 0 fully saturated rings. The molecule has 0 amide bonds. The Morgan fingerprint density at radius 2 is 1.76 bits per heavy atom. The van der Waals surface area contributed by atoms with Crippen molar-refractivity contribution < 1.29 is 19.2 Å². The molecule has 0 atom stereocenters. The SMILES string of the molecule is COC(=O)c1cc(Oc2ccc(S)cc2)ccc1[N+](=O)[O-]. The Morgan fingerprint density at radius 3 is 2.33 bits per heavy atom. The van der Waals surface area contributed by atoms with Gasteiger partial charge in [-0.25, -0.2) is 4.79 Å². The average molecular weight is 305 g/mol. The first kappa shape index (κ1) is 14.9. The Kier molecular flexibility index (Phi) is 4.44. The van der Waals surface area contributed by atoms with Crippen LogP contribution >= 0.6 is 12.6 Å². The number of benzene rings is 2. The lowest BCUT2D eigenvalue weighted by molar-refractivity contribution is -0.385. The third-order valence-electron chi connectivity index (χ3n) is 2.64. The summed E-state index contributed by atoms with van der Waals surface area (Å²) in [5.41, 5.74) is -0.495. The molecule has 0 aliphatic heterocycles. The highest BCUT2D eigenvalue weighted by atomic mass is 32.1. The molecule has 7 heteroatoms. The van der Waals surface area contributed by atoms with Crippen LogP contribution in [-0.2, 0) is 4.74 Å². The van der Waals surface area contributed by atoms with Crippen LogP contribution in [0.2, 0.25) is 0 Å². The molecule has 0 saturated carbocycles. The predicted octanol–water partition coefficient (Wildman–Crippen LogP) is 3.46. The van der Waals surface area contributed by atoms with Gasteiger partial charge in [0.2, 0.25) is 0 Å². The minimum absolute atomic E-state index is 0.161. The van der Waals surface area contributed by atoms with Gasteiger partial charge >= 0.3 is 5.97 Å². The van der Waals surface area contributed by atoms with Crippen LogP contribution in [-0.4, -0.2) is 18.0 Å². The largest absolute Gasteiger partial charge is 0.465 e. The van der Waals surface area contributed by atoms with Gasteiger partial charge in [-0.05, 0) is 30.3 Å². The lowest BCUT2D eigenvalue weighted by atomic mass is 10.1. The van der Waals surface area contributed by atoms with Crippen molar-refractivity contribution in [3.05, 3.63) is 58.1 Å². The van der Waals surface area contributed by atoms with E-state index in [1.165, 1.54) is 18.2 Å². The number of carbonyl (C=O) groups is 1. The molecule has 2 aromatic carbocycles. The number of nitrogens with zero attached hydrogens (tertiary/aromatic N) is 1. The molecule has 0 aliphatic carbocycles. The van der Waals surface area contributed by atoms with Gasteiger partial charge in [0.25, 0.3) is 5.69 Å². The normalized spacial score (nSPS) is 10.0. The first-order valence-corrected chi connectivity index (χ1v) is 6.29. The summed E-state index contributed by atoms with van der Waals surface area (Å²) in [6.45, 7) is 0. The van der Waals surface area contributed by atoms with Crippen molar-refractivity contribution in [3.8, 4) is 11.5 Å². The van der Waals surface area contributed by atoms with E-state index in [9.17, 15) is 14.9 Å². The number of hydrogen-bond donors (Lipinski definition) is 1. The van der Waals surface area contributed by atoms with E-state index in [2.05, 4.69) is 17.4 Å². The van der Waals surface area contributed by atoms with Crippen molar-refractivity contribution in [3.63, 3.8) is 0 Å². The molecule has 0 heterocycles. The number of esters is 1. The molecule has 21 heavy (non-hydrogen) atoms. The van der Waals surface area contributed by atoms with Crippen molar-refractivity contribution in [1.29, 1.82) is 0 Å². The fourth-order valence-electron chi connectivity index (χ4n) is 1.66. The van der Waals surface area contributed by atoms with E-state index in [1.807, 2.05) is 0 Å². The number of nitro groups is 1. The highest BCUT2D eigenvalue weighted by Gasteiger charge is 2.21. The van der Waals surface area contributed by atoms with Crippen LogP contribution < -0.4 is 4.74 Å². The van der Waals surface area contributed by atoms with E-state index < -0.39 is 10.9 Å². The van der Waals surface area contributed by atoms with Crippen LogP contribution in [0.4, 0.5) is 5.69 Å². The summed E-state index contributed by atoms with van der Waals surface area (Å²) < 4.78 is 10.1. The molecule has 0 unspecified atom stereocenters. The van der Waals surface area contributed by atoms with Crippen LogP contribution in [0.25, 0.3) is 0 Å². The number of rotatable bonds is 4. The maximum absolute atomic E-state index is 11.6. The topological polar surface area (TPSA) is 78.7 Å². The Morgan fingerprint density at radius 1 is 1.14 bits per heavy atom. The monoisotopic (exact) mass is 305 g/mol. The van der Waals surface area contributed by atoms with Gasteiger partial charge in [0.15, 0.2) is 0 Å². The first-order valence-electron chi connectivity index (χ1n) is 5.85. The summed E-state index contributed by atoms with van der Waals surface area (Å²) in [7, 11) is 1.16. The van der Waals surface area contributed by atoms with Crippen LogP contribution in [0, 0.1) is 10.1 Å². The number of carbonyl (C=O) groups excluding carboxylic acids is 1. The molecule has 0 bridgehead atoms. The Bertz CT molecular complexity index is 684. The Labute approximate surface area is 125 Å². The molecule has 0 aromatic heterocycles. The third kappa shape index (κ3) is 3.51. The van der Waals surface area contributed by atoms with Crippen LogP contribution in [0.15, 0.2) is 47.4 Å². The van der Waals surface area contributed by atoms with Crippen molar-refractivity contribution in [2.75, 3.05) is 7.11 Å². The maximum atomic E-state index is 11.6. The standard InChI is InChI=1S/C14H11NO5S/c1-19-14(16)12-8-10(4-7-13(12)15(17)18)20-9-2-5-11(21)6-3-9/h2-8,21H,1H3. The predicted molar refractivity (Wildman–Crippen MR) is 78.2 cm³/mol. The average Bonchev–Trinajstić information content (AvgIpc) is 2.48. The van der Waals surface area contributed by atoms with E-state index in [0.717, 1.165) is 12.0 Å². The summed E-state index contributed by atoms with van der Waals surface area (Å²) in [5, 5.41) is 10.9. The smallest absolute Gasteiger partial charge is 0.345 e. The molecule has 6 nitrogen and oxygen atoms in total. The van der Waals surface area contributed by atoms with E-state index in [1.54, 1.807) is 24.3 Å². The van der Waals surface area contributed by atoms with Crippen LogP contribution in [0.3, 0.4) is 0 Å². The van der Waals surface area contributed by atoms with Gasteiger partial charge in [-0.2, -0.15) is 0 Å². The maximum Gasteiger partial charge on any atom is 0.345 e. The second-order valence-corrected chi connectivity index (χ2v) is 4.54. The van der Waals surface area contributed by atoms with Gasteiger partial charge in [-0.3, -0.25) is 10.1 Å². The summed E-state index contributed by atoms with van der Waals surface area (Å²) in [5.74, 6) is 0.0308. The van der Waals surface area contributed by atoms with E-state index in [-0.39, 0.29) is 11.3 Å². The Hall–Kier alpha value is -2.54. The number of ether oxygens (including phenoxy) is 2. The molecule has 2 rings (SSSR count). The number of hydrogen-bond acceptors (Lipinski definition) is 6. The second-order valence-electron chi connectivity index (χ2n) is 4.02. The third-order valence-corrected chi connectivity index (χ3v) is 2.94. The van der Waals surface area contributed by atoms with Crippen molar-refractivity contribution in [2.45, 2.75) is 4.90 Å². The lowest BCUT2D eigenvalue weighted by Gasteiger charge is -2.07. The minimum Gasteiger partial charge on any atom is -0.465 e. The highest BCUT2D eigenvalue weighted by Crippen LogP contribution is 2.28. The van der Waals surface area contributed by atoms with E-state index in [4.69, 9.17) is 4.74 Å². The lowest BCUT2D eigenvalue weighted by Crippen LogP contribution is -2.05. The zero-order chi connectivity index (χ0) is 15.4. The van der Waals surface area contributed by atoms with Crippen LogP contribution in [0.1, 0.15) is 10.4 Å². The quantitative estimate of drug-likeness (QED) is 0.405. The fraction of sp³-hybridized carbons (Fsp3) is 0.0714. The first-order chi connectivity index (χ1) is 10.0. The molecule has 0 radical (unpaired) electrons. The molecule has 2 aromatic rings. The molecular formula is C14H11NO5S. The molecule has 0 aliphatic rings. The molecule has 0 saturated heterocycles. The zero-order valence-electron chi connectivity index (χ0n) is 11.0. The van der Waals surface area contributed by atoms with Gasteiger partial charge in [-0.15, -0.1) is 12.6 Å². The molecule has 0 spiro atoms. The zero-order valence-corrected chi connectivity index (χ0v) is 11.9. The molecule has 0 N–H and O–H groups in total. The van der Waals surface area contributed by atoms with Gasteiger partial charge in [-0.1, -0.05) is 0 Å². The minimum atomic E-state index is -0.794. The summed E-state index contributed by atoms with van der Waals surface area (Å²) >= 11 is 4.16. The number of methoxy groups -OCH3 is 1. The van der Waals surface area contributed by atoms with Crippen molar-refractivity contribution in [2.24, 2.45) is 0 Å². The fourth-order valence-corrected chi connectivity index (χ4v) is 1.81. The van der Waals surface area contributed by atoms with Crippen LogP contribution in [0.5, 0.6) is 11.5 Å². The molecule has 108 valence electrons. The second kappa shape index (κ2) is 6.27. The van der Waals surface area contributed by atoms with Gasteiger partial charge in [0.05, 0.1) is 12.0 Å². The summed E-state index contributed by atoms with van der Waals surface area (Å²) in [6.07, 6.45) is 0. The number of nitro benzene ring substituents is 1. The molecular weight excluding hydrogens is 294 g/mol. The highest BCUT2D eigenvalue weighted by molar-refractivity contribution is 7.80. The van der Waals surface area contributed by atoms with Gasteiger partial charge < -0.3 is 9.47 Å².